The highest BCUT2D eigenvalue weighted by Crippen LogP contribution is 2.39. The predicted molar refractivity (Wildman–Crippen MR) is 262 cm³/mol. The predicted octanol–water partition coefficient (Wildman–Crippen LogP) is 7.78. The van der Waals surface area contributed by atoms with Crippen molar-refractivity contribution >= 4 is 67.6 Å². The molecule has 0 aliphatic carbocycles. The number of ether oxygens (including phenoxy) is 2. The second kappa shape index (κ2) is 21.1. The Morgan fingerprint density at radius 3 is 1.44 bits per heavy atom. The lowest BCUT2D eigenvalue weighted by Gasteiger charge is -2.37. The van der Waals surface area contributed by atoms with Gasteiger partial charge in [0.2, 0.25) is 0 Å². The normalized spacial score (nSPS) is 17.2. The zero-order valence-corrected chi connectivity index (χ0v) is 39.2. The van der Waals surface area contributed by atoms with Crippen molar-refractivity contribution in [3.05, 3.63) is 95.6 Å². The van der Waals surface area contributed by atoms with Gasteiger partial charge in [0, 0.05) is 120 Å². The van der Waals surface area contributed by atoms with E-state index in [9.17, 15) is 13.2 Å². The molecular weight excluding hydrogens is 877 g/mol. The van der Waals surface area contributed by atoms with Gasteiger partial charge >= 0.3 is 0 Å². The Morgan fingerprint density at radius 2 is 1.00 bits per heavy atom. The molecular formula is C50H60F4N12O2. The number of nitrogens with one attached hydrogen (secondary N) is 3. The molecule has 4 saturated heterocycles. The van der Waals surface area contributed by atoms with E-state index in [2.05, 4.69) is 69.2 Å². The Hall–Kier alpha value is -6.08. The molecule has 6 aromatic rings. The molecule has 0 spiro atoms. The lowest BCUT2D eigenvalue weighted by molar-refractivity contribution is 0.122. The fraction of sp³-hybridized carbons (Fsp3) is 0.440. The van der Waals surface area contributed by atoms with Gasteiger partial charge in [0.25, 0.3) is 0 Å². The Balaban J connectivity index is 0.000000171. The number of hydrogen-bond acceptors (Lipinski definition) is 14. The van der Waals surface area contributed by atoms with Crippen LogP contribution >= 0.6 is 0 Å². The van der Waals surface area contributed by atoms with Gasteiger partial charge in [-0.3, -0.25) is 14.9 Å². The van der Waals surface area contributed by atoms with E-state index in [1.807, 2.05) is 38.4 Å². The number of nitrogens with zero attached hydrogens (tertiary/aromatic N) is 9. The molecule has 4 aliphatic rings. The van der Waals surface area contributed by atoms with E-state index in [0.717, 1.165) is 143 Å². The van der Waals surface area contributed by atoms with Crippen LogP contribution in [0.25, 0.3) is 21.8 Å². The van der Waals surface area contributed by atoms with Crippen LogP contribution in [0.2, 0.25) is 0 Å². The third kappa shape index (κ3) is 10.6. The number of fused-ring (bicyclic) bond motifs is 2. The SMILES string of the molecule is Cc1c(N2CCN(CC(C)C)CC2)nc2cc(F)cc(F)c2c1Nc1cncc(N2CCOCC2)c1.Cc1c(N2CCNCC2)nc2cc(F)cc(F)c2c1Nc1cncc(N2CCOCC2)c1. The molecule has 0 unspecified atom stereocenters. The maximum absolute atomic E-state index is 15.1. The Bertz CT molecular complexity index is 2720. The summed E-state index contributed by atoms with van der Waals surface area (Å²) in [5.74, 6) is -0.428. The van der Waals surface area contributed by atoms with E-state index in [-0.39, 0.29) is 10.8 Å². The molecule has 2 aromatic carbocycles. The topological polar surface area (TPSA) is 122 Å². The maximum Gasteiger partial charge on any atom is 0.137 e. The molecule has 4 aromatic heterocycles. The van der Waals surface area contributed by atoms with Crippen LogP contribution in [0.15, 0.2) is 61.2 Å². The molecule has 8 heterocycles. The second-order valence-electron chi connectivity index (χ2n) is 18.2. The second-order valence-corrected chi connectivity index (χ2v) is 18.2. The molecule has 10 rings (SSSR count). The third-order valence-corrected chi connectivity index (χ3v) is 12.9. The number of morpholine rings is 2. The first kappa shape index (κ1) is 47.0. The first-order valence-corrected chi connectivity index (χ1v) is 23.6. The van der Waals surface area contributed by atoms with Crippen LogP contribution in [-0.2, 0) is 9.47 Å². The average molecular weight is 937 g/mol. The summed E-state index contributed by atoms with van der Waals surface area (Å²) in [6.07, 6.45) is 7.07. The maximum atomic E-state index is 15.1. The average Bonchev–Trinajstić information content (AvgIpc) is 3.34. The van der Waals surface area contributed by atoms with Gasteiger partial charge in [-0.1, -0.05) is 13.8 Å². The highest BCUT2D eigenvalue weighted by atomic mass is 19.1. The van der Waals surface area contributed by atoms with Gasteiger partial charge in [-0.15, -0.1) is 0 Å². The van der Waals surface area contributed by atoms with Crippen molar-refractivity contribution in [1.82, 2.24) is 30.2 Å². The monoisotopic (exact) mass is 936 g/mol. The van der Waals surface area contributed by atoms with Crippen LogP contribution in [0.4, 0.5) is 63.3 Å². The van der Waals surface area contributed by atoms with Gasteiger partial charge in [0.15, 0.2) is 0 Å². The minimum Gasteiger partial charge on any atom is -0.378 e. The van der Waals surface area contributed by atoms with Crippen LogP contribution in [0.1, 0.15) is 25.0 Å². The van der Waals surface area contributed by atoms with Crippen molar-refractivity contribution in [3.63, 3.8) is 0 Å². The number of piperazine rings is 2. The van der Waals surface area contributed by atoms with E-state index in [1.165, 1.54) is 12.1 Å². The minimum absolute atomic E-state index is 0.277. The summed E-state index contributed by atoms with van der Waals surface area (Å²) < 4.78 is 69.2. The van der Waals surface area contributed by atoms with Crippen molar-refractivity contribution in [1.29, 1.82) is 0 Å². The molecule has 0 saturated carbocycles. The van der Waals surface area contributed by atoms with Crippen molar-refractivity contribution in [3.8, 4) is 0 Å². The summed E-state index contributed by atoms with van der Waals surface area (Å²) in [7, 11) is 0. The molecule has 4 fully saturated rings. The Labute approximate surface area is 394 Å². The highest BCUT2D eigenvalue weighted by Gasteiger charge is 2.26. The quantitative estimate of drug-likeness (QED) is 0.116. The number of benzene rings is 2. The number of aromatic nitrogens is 4. The molecule has 14 nitrogen and oxygen atoms in total. The molecule has 0 amide bonds. The van der Waals surface area contributed by atoms with E-state index in [4.69, 9.17) is 14.5 Å². The van der Waals surface area contributed by atoms with E-state index >= 15 is 4.39 Å². The summed E-state index contributed by atoms with van der Waals surface area (Å²) in [5, 5.41) is 10.7. The van der Waals surface area contributed by atoms with Crippen molar-refractivity contribution in [2.24, 2.45) is 5.92 Å². The van der Waals surface area contributed by atoms with E-state index < -0.39 is 23.3 Å². The van der Waals surface area contributed by atoms with Gasteiger partial charge in [0.1, 0.15) is 34.9 Å². The molecule has 360 valence electrons. The molecule has 3 N–H and O–H groups in total. The Kier molecular flexibility index (Phi) is 14.6. The molecule has 0 radical (unpaired) electrons. The van der Waals surface area contributed by atoms with Crippen LogP contribution in [0.5, 0.6) is 0 Å². The van der Waals surface area contributed by atoms with Gasteiger partial charge < -0.3 is 45.0 Å². The number of pyridine rings is 4. The number of halogens is 4. The molecule has 18 heteroatoms. The van der Waals surface area contributed by atoms with Crippen molar-refractivity contribution < 1.29 is 27.0 Å². The summed E-state index contributed by atoms with van der Waals surface area (Å²) in [4.78, 5) is 29.5. The lowest BCUT2D eigenvalue weighted by Crippen LogP contribution is -2.48. The first-order valence-electron chi connectivity index (χ1n) is 23.6. The minimum atomic E-state index is -0.639. The first-order chi connectivity index (χ1) is 33.0. The van der Waals surface area contributed by atoms with Crippen LogP contribution in [-0.4, -0.2) is 136 Å². The molecule has 4 aliphatic heterocycles. The fourth-order valence-electron chi connectivity index (χ4n) is 9.52. The molecule has 68 heavy (non-hydrogen) atoms. The van der Waals surface area contributed by atoms with E-state index in [1.54, 1.807) is 12.4 Å². The lowest BCUT2D eigenvalue weighted by atomic mass is 10.1. The van der Waals surface area contributed by atoms with Crippen LogP contribution in [0.3, 0.4) is 0 Å². The van der Waals surface area contributed by atoms with Gasteiger partial charge in [-0.2, -0.15) is 0 Å². The highest BCUT2D eigenvalue weighted by molar-refractivity contribution is 5.99. The number of anilines is 8. The third-order valence-electron chi connectivity index (χ3n) is 12.9. The van der Waals surface area contributed by atoms with E-state index in [0.29, 0.717) is 54.8 Å². The zero-order valence-electron chi connectivity index (χ0n) is 39.2. The molecule has 0 bridgehead atoms. The summed E-state index contributed by atoms with van der Waals surface area (Å²) in [5.41, 5.74) is 6.86. The summed E-state index contributed by atoms with van der Waals surface area (Å²) in [6, 6.07) is 8.43. The standard InChI is InChI=1S/C27H34F2N6O.C23H26F2N6O/c1-18(2)17-33-4-6-35(7-5-33)27-19(3)26(25-23(29)12-20(28)13-24(25)32-27)31-21-14-22(16-30-15-21)34-8-10-36-11-9-34;1-15-22(28-17-12-18(14-27-13-17)30-6-8-32-9-7-30)21-19(25)10-16(24)11-20(21)29-23(15)31-4-2-26-3-5-31/h12-16,18H,4-11,17H2,1-3H3,(H,31,32);10-14,26H,2-9H2,1H3,(H,28,29). The summed E-state index contributed by atoms with van der Waals surface area (Å²) >= 11 is 0. The van der Waals surface area contributed by atoms with Crippen LogP contribution < -0.4 is 35.6 Å². The molecule has 0 atom stereocenters. The summed E-state index contributed by atoms with van der Waals surface area (Å²) in [6.45, 7) is 22.0. The zero-order chi connectivity index (χ0) is 47.3. The van der Waals surface area contributed by atoms with Crippen molar-refractivity contribution in [2.75, 3.05) is 142 Å². The smallest absolute Gasteiger partial charge is 0.137 e. The number of hydrogen-bond donors (Lipinski definition) is 3. The number of rotatable bonds is 10. The van der Waals surface area contributed by atoms with Gasteiger partial charge in [0.05, 0.1) is 107 Å². The van der Waals surface area contributed by atoms with Gasteiger partial charge in [-0.05, 0) is 31.9 Å². The van der Waals surface area contributed by atoms with Gasteiger partial charge in [-0.25, -0.2) is 27.5 Å². The Morgan fingerprint density at radius 1 is 0.559 bits per heavy atom. The van der Waals surface area contributed by atoms with Crippen LogP contribution in [0, 0.1) is 43.0 Å². The largest absolute Gasteiger partial charge is 0.378 e. The fourth-order valence-corrected chi connectivity index (χ4v) is 9.52. The van der Waals surface area contributed by atoms with Crippen molar-refractivity contribution in [2.45, 2.75) is 27.7 Å².